The Morgan fingerprint density at radius 2 is 1.86 bits per heavy atom. The van der Waals surface area contributed by atoms with E-state index in [1.165, 1.54) is 12.1 Å². The molecule has 0 amide bonds. The molecule has 0 saturated heterocycles. The summed E-state index contributed by atoms with van der Waals surface area (Å²) in [7, 11) is 0. The van der Waals surface area contributed by atoms with E-state index in [1.807, 2.05) is 0 Å². The monoisotopic (exact) mass is 353 g/mol. The van der Waals surface area contributed by atoms with Crippen molar-refractivity contribution < 1.29 is 8.81 Å². The van der Waals surface area contributed by atoms with Crippen LogP contribution in [0.3, 0.4) is 0 Å². The van der Waals surface area contributed by atoms with Gasteiger partial charge in [0.05, 0.1) is 11.9 Å². The smallest absolute Gasteiger partial charge is 0.205 e. The summed E-state index contributed by atoms with van der Waals surface area (Å²) in [5, 5.41) is 8.23. The molecule has 0 aliphatic heterocycles. The maximum Gasteiger partial charge on any atom is 0.205 e. The van der Waals surface area contributed by atoms with Crippen molar-refractivity contribution in [3.8, 4) is 11.3 Å². The molecule has 0 N–H and O–H groups in total. The van der Waals surface area contributed by atoms with E-state index in [0.29, 0.717) is 17.4 Å². The second-order valence-corrected chi connectivity index (χ2v) is 7.89. The lowest BCUT2D eigenvalue weighted by Crippen LogP contribution is -1.79. The van der Waals surface area contributed by atoms with Gasteiger partial charge in [0, 0.05) is 5.56 Å². The van der Waals surface area contributed by atoms with Crippen molar-refractivity contribution in [3.05, 3.63) is 42.2 Å². The zero-order chi connectivity index (χ0) is 15.4. The van der Waals surface area contributed by atoms with Gasteiger partial charge in [0.2, 0.25) is 5.89 Å². The number of halogens is 1. The zero-order valence-electron chi connectivity index (χ0n) is 11.7. The van der Waals surface area contributed by atoms with Crippen LogP contribution in [-0.2, 0) is 5.75 Å². The topological polar surface area (TPSA) is 51.8 Å². The summed E-state index contributed by atoms with van der Waals surface area (Å²) in [6.07, 6.45) is 1.65. The van der Waals surface area contributed by atoms with E-state index in [-0.39, 0.29) is 5.82 Å². The van der Waals surface area contributed by atoms with Crippen LogP contribution < -0.4 is 0 Å². The van der Waals surface area contributed by atoms with Crippen molar-refractivity contribution in [3.63, 3.8) is 0 Å². The molecule has 0 unspecified atom stereocenters. The van der Waals surface area contributed by atoms with Gasteiger partial charge in [-0.3, -0.25) is 0 Å². The van der Waals surface area contributed by atoms with Gasteiger partial charge in [0.25, 0.3) is 0 Å². The Morgan fingerprint density at radius 1 is 1.14 bits per heavy atom. The number of oxazole rings is 1. The summed E-state index contributed by atoms with van der Waals surface area (Å²) in [5.41, 5.74) is 0.808. The van der Waals surface area contributed by atoms with Crippen LogP contribution in [0.4, 0.5) is 4.39 Å². The Kier molecular flexibility index (Phi) is 5.12. The lowest BCUT2D eigenvalue weighted by atomic mass is 10.2. The van der Waals surface area contributed by atoms with Gasteiger partial charge in [-0.05, 0) is 30.0 Å². The molecule has 8 heteroatoms. The average molecular weight is 353 g/mol. The van der Waals surface area contributed by atoms with Gasteiger partial charge in [-0.2, -0.15) is 0 Å². The van der Waals surface area contributed by atoms with Gasteiger partial charge >= 0.3 is 0 Å². The molecule has 114 valence electrons. The van der Waals surface area contributed by atoms with Crippen molar-refractivity contribution in [2.45, 2.75) is 21.4 Å². The highest BCUT2D eigenvalue weighted by Crippen LogP contribution is 2.31. The summed E-state index contributed by atoms with van der Waals surface area (Å²) in [6, 6.07) is 6.15. The third kappa shape index (κ3) is 3.88. The van der Waals surface area contributed by atoms with Crippen LogP contribution in [0, 0.1) is 5.82 Å². The van der Waals surface area contributed by atoms with Crippen molar-refractivity contribution in [2.75, 3.05) is 5.75 Å². The SMILES string of the molecule is CCSc1nnc(SCc2ncc(-c3ccc(F)cc3)o2)s1. The van der Waals surface area contributed by atoms with Gasteiger partial charge in [-0.1, -0.05) is 41.8 Å². The first-order valence-electron chi connectivity index (χ1n) is 6.54. The van der Waals surface area contributed by atoms with Crippen molar-refractivity contribution in [2.24, 2.45) is 0 Å². The molecule has 1 aromatic carbocycles. The zero-order valence-corrected chi connectivity index (χ0v) is 14.1. The highest BCUT2D eigenvalue weighted by Gasteiger charge is 2.10. The summed E-state index contributed by atoms with van der Waals surface area (Å²) in [5.74, 6) is 2.56. The third-order valence-corrected chi connectivity index (χ3v) is 5.71. The first kappa shape index (κ1) is 15.5. The molecule has 0 saturated carbocycles. The molecule has 0 fully saturated rings. The lowest BCUT2D eigenvalue weighted by Gasteiger charge is -1.95. The minimum atomic E-state index is -0.268. The van der Waals surface area contributed by atoms with Crippen molar-refractivity contribution in [1.82, 2.24) is 15.2 Å². The van der Waals surface area contributed by atoms with Gasteiger partial charge in [0.15, 0.2) is 14.4 Å². The van der Waals surface area contributed by atoms with Crippen LogP contribution in [0.5, 0.6) is 0 Å². The van der Waals surface area contributed by atoms with Crippen LogP contribution in [0.2, 0.25) is 0 Å². The van der Waals surface area contributed by atoms with E-state index in [2.05, 4.69) is 22.1 Å². The van der Waals surface area contributed by atoms with E-state index in [9.17, 15) is 4.39 Å². The van der Waals surface area contributed by atoms with E-state index >= 15 is 0 Å². The van der Waals surface area contributed by atoms with Crippen LogP contribution >= 0.6 is 34.9 Å². The van der Waals surface area contributed by atoms with Gasteiger partial charge in [0.1, 0.15) is 5.82 Å². The molecular formula is C14H12FN3OS3. The first-order chi connectivity index (χ1) is 10.7. The maximum atomic E-state index is 12.9. The fourth-order valence-corrected chi connectivity index (χ4v) is 4.46. The summed E-state index contributed by atoms with van der Waals surface area (Å²) in [6.45, 7) is 2.09. The molecule has 0 aliphatic carbocycles. The highest BCUT2D eigenvalue weighted by molar-refractivity contribution is 8.02. The molecule has 0 bridgehead atoms. The second-order valence-electron chi connectivity index (χ2n) is 4.18. The molecule has 22 heavy (non-hydrogen) atoms. The van der Waals surface area contributed by atoms with Crippen LogP contribution in [0.15, 0.2) is 43.6 Å². The van der Waals surface area contributed by atoms with E-state index in [1.54, 1.807) is 53.2 Å². The van der Waals surface area contributed by atoms with Gasteiger partial charge in [-0.25, -0.2) is 9.37 Å². The van der Waals surface area contributed by atoms with Crippen molar-refractivity contribution in [1.29, 1.82) is 0 Å². The minimum absolute atomic E-state index is 0.268. The first-order valence-corrected chi connectivity index (χ1v) is 9.33. The lowest BCUT2D eigenvalue weighted by molar-refractivity contribution is 0.530. The Bertz CT molecular complexity index is 742. The molecule has 3 rings (SSSR count). The van der Waals surface area contributed by atoms with Gasteiger partial charge < -0.3 is 4.42 Å². The third-order valence-electron chi connectivity index (χ3n) is 2.66. The number of aromatic nitrogens is 3. The molecule has 0 radical (unpaired) electrons. The number of hydrogen-bond acceptors (Lipinski definition) is 7. The molecular weight excluding hydrogens is 341 g/mol. The van der Waals surface area contributed by atoms with Crippen LogP contribution in [-0.4, -0.2) is 20.9 Å². The molecule has 4 nitrogen and oxygen atoms in total. The van der Waals surface area contributed by atoms with Crippen LogP contribution in [0.25, 0.3) is 11.3 Å². The standard InChI is InChI=1S/C14H12FN3OS3/c1-2-20-13-17-18-14(22-13)21-8-12-16-7-11(19-12)9-3-5-10(15)6-4-9/h3-7H,2,8H2,1H3. The molecule has 2 heterocycles. The largest absolute Gasteiger partial charge is 0.440 e. The fourth-order valence-electron chi connectivity index (χ4n) is 1.69. The predicted octanol–water partition coefficient (Wildman–Crippen LogP) is 4.74. The molecule has 0 atom stereocenters. The number of hydrogen-bond donors (Lipinski definition) is 0. The van der Waals surface area contributed by atoms with E-state index in [0.717, 1.165) is 20.0 Å². The Morgan fingerprint density at radius 3 is 2.59 bits per heavy atom. The quantitative estimate of drug-likeness (QED) is 0.597. The van der Waals surface area contributed by atoms with E-state index < -0.39 is 0 Å². The van der Waals surface area contributed by atoms with Crippen molar-refractivity contribution >= 4 is 34.9 Å². The Labute approximate surface area is 139 Å². The Balaban J connectivity index is 1.62. The molecule has 0 spiro atoms. The van der Waals surface area contributed by atoms with Crippen LogP contribution in [0.1, 0.15) is 12.8 Å². The fraction of sp³-hybridized carbons (Fsp3) is 0.214. The van der Waals surface area contributed by atoms with Gasteiger partial charge in [-0.15, -0.1) is 10.2 Å². The molecule has 0 aliphatic rings. The molecule has 2 aromatic heterocycles. The summed E-state index contributed by atoms with van der Waals surface area (Å²) in [4.78, 5) is 4.24. The van der Waals surface area contributed by atoms with E-state index in [4.69, 9.17) is 4.42 Å². The number of nitrogens with zero attached hydrogens (tertiary/aromatic N) is 3. The second kappa shape index (κ2) is 7.26. The molecule has 3 aromatic rings. The minimum Gasteiger partial charge on any atom is -0.440 e. The number of thioether (sulfide) groups is 2. The Hall–Kier alpha value is -1.38. The number of benzene rings is 1. The maximum absolute atomic E-state index is 12.9. The predicted molar refractivity (Wildman–Crippen MR) is 87.8 cm³/mol. The normalized spacial score (nSPS) is 11.0. The summed E-state index contributed by atoms with van der Waals surface area (Å²) >= 11 is 4.80. The summed E-state index contributed by atoms with van der Waals surface area (Å²) < 4.78 is 20.5. The highest BCUT2D eigenvalue weighted by atomic mass is 32.2. The number of rotatable bonds is 6. The average Bonchev–Trinajstić information content (AvgIpc) is 3.16.